The van der Waals surface area contributed by atoms with E-state index in [9.17, 15) is 22.8 Å². The van der Waals surface area contributed by atoms with E-state index in [1.807, 2.05) is 0 Å². The van der Waals surface area contributed by atoms with Gasteiger partial charge in [-0.2, -0.15) is 18.3 Å². The number of rotatable bonds is 4. The first-order chi connectivity index (χ1) is 10.8. The van der Waals surface area contributed by atoms with Crippen LogP contribution < -0.4 is 10.6 Å². The van der Waals surface area contributed by atoms with Gasteiger partial charge in [0, 0.05) is 24.5 Å². The fraction of sp³-hybridized carbons (Fsp3) is 0.214. The maximum atomic E-state index is 12.3. The predicted octanol–water partition coefficient (Wildman–Crippen LogP) is 2.06. The lowest BCUT2D eigenvalue weighted by molar-refractivity contribution is -0.142. The number of hydrogen-bond donors (Lipinski definition) is 2. The Hall–Kier alpha value is -2.84. The van der Waals surface area contributed by atoms with Crippen LogP contribution in [0.3, 0.4) is 0 Å². The zero-order valence-electron chi connectivity index (χ0n) is 12.0. The lowest BCUT2D eigenvalue weighted by Gasteiger charge is -2.06. The Morgan fingerprint density at radius 2 is 1.96 bits per heavy atom. The number of hydrogen-bond acceptors (Lipinski definition) is 3. The predicted molar refractivity (Wildman–Crippen MR) is 76.1 cm³/mol. The normalized spacial score (nSPS) is 11.1. The molecule has 0 saturated carbocycles. The molecule has 2 aromatic rings. The van der Waals surface area contributed by atoms with Crippen LogP contribution in [0.1, 0.15) is 20.7 Å². The summed E-state index contributed by atoms with van der Waals surface area (Å²) in [7, 11) is 1.47. The van der Waals surface area contributed by atoms with Crippen molar-refractivity contribution in [1.29, 1.82) is 0 Å². The zero-order valence-corrected chi connectivity index (χ0v) is 12.0. The number of aromatic nitrogens is 2. The molecular weight excluding hydrogens is 313 g/mol. The summed E-state index contributed by atoms with van der Waals surface area (Å²) in [6, 6.07) is 6.16. The minimum atomic E-state index is -4.42. The molecule has 0 bridgehead atoms. The van der Waals surface area contributed by atoms with Crippen molar-refractivity contribution < 1.29 is 22.8 Å². The van der Waals surface area contributed by atoms with Crippen LogP contribution in [-0.4, -0.2) is 34.8 Å². The fourth-order valence-corrected chi connectivity index (χ4v) is 1.84. The summed E-state index contributed by atoms with van der Waals surface area (Å²) in [5.74, 6) is -0.938. The molecule has 2 N–H and O–H groups in total. The number of benzene rings is 1. The molecule has 0 atom stereocenters. The molecule has 6 nitrogen and oxygen atoms in total. The average molecular weight is 326 g/mol. The van der Waals surface area contributed by atoms with Crippen LogP contribution in [0.2, 0.25) is 0 Å². The fourth-order valence-electron chi connectivity index (χ4n) is 1.84. The van der Waals surface area contributed by atoms with Gasteiger partial charge in [-0.05, 0) is 18.2 Å². The number of amides is 2. The van der Waals surface area contributed by atoms with Crippen molar-refractivity contribution in [3.05, 3.63) is 47.8 Å². The molecule has 0 aliphatic carbocycles. The smallest absolute Gasteiger partial charge is 0.355 e. The third-order valence-corrected chi connectivity index (χ3v) is 2.85. The highest BCUT2D eigenvalue weighted by molar-refractivity contribution is 6.04. The molecular formula is C14H13F3N4O2. The third kappa shape index (κ3) is 4.56. The molecule has 1 aromatic heterocycles. The van der Waals surface area contributed by atoms with Crippen molar-refractivity contribution >= 4 is 17.5 Å². The quantitative estimate of drug-likeness (QED) is 0.903. The lowest BCUT2D eigenvalue weighted by atomic mass is 10.2. The van der Waals surface area contributed by atoms with E-state index < -0.39 is 18.6 Å². The summed E-state index contributed by atoms with van der Waals surface area (Å²) in [6.07, 6.45) is -2.36. The van der Waals surface area contributed by atoms with Gasteiger partial charge in [0.2, 0.25) is 0 Å². The lowest BCUT2D eigenvalue weighted by Crippen LogP contribution is -2.19. The molecule has 1 aromatic carbocycles. The Kier molecular flexibility index (Phi) is 4.68. The molecule has 0 spiro atoms. The van der Waals surface area contributed by atoms with Crippen LogP contribution in [-0.2, 0) is 6.54 Å². The summed E-state index contributed by atoms with van der Waals surface area (Å²) in [6.45, 7) is -1.27. The Bertz CT molecular complexity index is 725. The number of carbonyl (C=O) groups excluding carboxylic acids is 2. The molecule has 0 aliphatic rings. The van der Waals surface area contributed by atoms with Crippen LogP contribution in [0.15, 0.2) is 36.7 Å². The standard InChI is InChI=1S/C14H13F3N4O2/c1-18-12(22)9-3-2-4-11(5-9)20-13(23)10-6-19-21(7-10)8-14(15,16)17/h2-7H,8H2,1H3,(H,18,22)(H,20,23). The summed E-state index contributed by atoms with van der Waals surface area (Å²) in [5.41, 5.74) is 0.678. The zero-order chi connectivity index (χ0) is 17.0. The molecule has 122 valence electrons. The van der Waals surface area contributed by atoms with E-state index in [4.69, 9.17) is 0 Å². The van der Waals surface area contributed by atoms with Crippen LogP contribution in [0.5, 0.6) is 0 Å². The molecule has 2 rings (SSSR count). The minimum Gasteiger partial charge on any atom is -0.355 e. The van der Waals surface area contributed by atoms with Gasteiger partial charge in [-0.15, -0.1) is 0 Å². The molecule has 0 unspecified atom stereocenters. The first-order valence-electron chi connectivity index (χ1n) is 6.51. The first-order valence-corrected chi connectivity index (χ1v) is 6.51. The molecule has 0 aliphatic heterocycles. The van der Waals surface area contributed by atoms with Crippen molar-refractivity contribution in [2.24, 2.45) is 0 Å². The summed E-state index contributed by atoms with van der Waals surface area (Å²) < 4.78 is 37.4. The van der Waals surface area contributed by atoms with Gasteiger partial charge in [-0.25, -0.2) is 0 Å². The maximum Gasteiger partial charge on any atom is 0.408 e. The highest BCUT2D eigenvalue weighted by Gasteiger charge is 2.28. The third-order valence-electron chi connectivity index (χ3n) is 2.85. The molecule has 1 heterocycles. The average Bonchev–Trinajstić information content (AvgIpc) is 2.93. The maximum absolute atomic E-state index is 12.3. The van der Waals surface area contributed by atoms with E-state index in [0.717, 1.165) is 12.4 Å². The van der Waals surface area contributed by atoms with Crippen molar-refractivity contribution in [3.8, 4) is 0 Å². The molecule has 0 saturated heterocycles. The van der Waals surface area contributed by atoms with Crippen molar-refractivity contribution in [2.45, 2.75) is 12.7 Å². The van der Waals surface area contributed by atoms with Gasteiger partial charge in [0.15, 0.2) is 0 Å². The van der Waals surface area contributed by atoms with Gasteiger partial charge in [0.1, 0.15) is 6.54 Å². The highest BCUT2D eigenvalue weighted by Crippen LogP contribution is 2.17. The number of nitrogens with one attached hydrogen (secondary N) is 2. The summed E-state index contributed by atoms with van der Waals surface area (Å²) >= 11 is 0. The SMILES string of the molecule is CNC(=O)c1cccc(NC(=O)c2cnn(CC(F)(F)F)c2)c1. The van der Waals surface area contributed by atoms with Gasteiger partial charge >= 0.3 is 6.18 Å². The Morgan fingerprint density at radius 3 is 2.61 bits per heavy atom. The number of carbonyl (C=O) groups is 2. The van der Waals surface area contributed by atoms with Crippen molar-refractivity contribution in [2.75, 3.05) is 12.4 Å². The number of halogens is 3. The molecule has 0 fully saturated rings. The van der Waals surface area contributed by atoms with E-state index in [-0.39, 0.29) is 11.5 Å². The molecule has 9 heteroatoms. The Labute approximate surface area is 129 Å². The van der Waals surface area contributed by atoms with Gasteiger partial charge in [0.05, 0.1) is 11.8 Å². The monoisotopic (exact) mass is 326 g/mol. The van der Waals surface area contributed by atoms with Crippen LogP contribution in [0.4, 0.5) is 18.9 Å². The van der Waals surface area contributed by atoms with E-state index in [1.165, 1.54) is 13.1 Å². The summed E-state index contributed by atoms with van der Waals surface area (Å²) in [5, 5.41) is 8.44. The van der Waals surface area contributed by atoms with Crippen LogP contribution in [0, 0.1) is 0 Å². The number of alkyl halides is 3. The second-order valence-corrected chi connectivity index (χ2v) is 4.66. The van der Waals surface area contributed by atoms with Gasteiger partial charge in [-0.1, -0.05) is 6.07 Å². The topological polar surface area (TPSA) is 76.0 Å². The van der Waals surface area contributed by atoms with Crippen molar-refractivity contribution in [3.63, 3.8) is 0 Å². The second-order valence-electron chi connectivity index (χ2n) is 4.66. The first kappa shape index (κ1) is 16.5. The van der Waals surface area contributed by atoms with Crippen LogP contribution >= 0.6 is 0 Å². The number of nitrogens with zero attached hydrogens (tertiary/aromatic N) is 2. The largest absolute Gasteiger partial charge is 0.408 e. The highest BCUT2D eigenvalue weighted by atomic mass is 19.4. The van der Waals surface area contributed by atoms with Crippen LogP contribution in [0.25, 0.3) is 0 Å². The van der Waals surface area contributed by atoms with Crippen molar-refractivity contribution in [1.82, 2.24) is 15.1 Å². The van der Waals surface area contributed by atoms with E-state index in [2.05, 4.69) is 15.7 Å². The van der Waals surface area contributed by atoms with E-state index in [0.29, 0.717) is 15.9 Å². The number of anilines is 1. The Balaban J connectivity index is 2.09. The molecule has 0 radical (unpaired) electrons. The van der Waals surface area contributed by atoms with E-state index >= 15 is 0 Å². The van der Waals surface area contributed by atoms with E-state index in [1.54, 1.807) is 18.2 Å². The van der Waals surface area contributed by atoms with Gasteiger partial charge < -0.3 is 10.6 Å². The Morgan fingerprint density at radius 1 is 1.22 bits per heavy atom. The summed E-state index contributed by atoms with van der Waals surface area (Å²) in [4.78, 5) is 23.5. The molecule has 23 heavy (non-hydrogen) atoms. The molecule has 2 amide bonds. The van der Waals surface area contributed by atoms with Gasteiger partial charge in [-0.3, -0.25) is 14.3 Å². The second kappa shape index (κ2) is 6.51. The minimum absolute atomic E-state index is 0.0143. The van der Waals surface area contributed by atoms with Gasteiger partial charge in [0.25, 0.3) is 11.8 Å².